The maximum absolute atomic E-state index is 12.7. The summed E-state index contributed by atoms with van der Waals surface area (Å²) in [6, 6.07) is 3.99. The zero-order chi connectivity index (χ0) is 9.14. The van der Waals surface area contributed by atoms with Gasteiger partial charge in [-0.1, -0.05) is 6.07 Å². The van der Waals surface area contributed by atoms with Crippen LogP contribution in [0, 0.1) is 5.82 Å². The van der Waals surface area contributed by atoms with E-state index >= 15 is 0 Å². The number of halogens is 3. The van der Waals surface area contributed by atoms with Gasteiger partial charge in [-0.2, -0.15) is 0 Å². The Hall–Kier alpha value is -0.160. The fourth-order valence-corrected chi connectivity index (χ4v) is 1.24. The second kappa shape index (κ2) is 5.54. The summed E-state index contributed by atoms with van der Waals surface area (Å²) in [6.07, 6.45) is 0. The van der Waals surface area contributed by atoms with E-state index in [1.165, 1.54) is 6.07 Å². The molecule has 0 saturated carbocycles. The van der Waals surface area contributed by atoms with Gasteiger partial charge in [0.1, 0.15) is 5.82 Å². The van der Waals surface area contributed by atoms with Crippen molar-refractivity contribution in [1.82, 2.24) is 0 Å². The third kappa shape index (κ3) is 3.23. The van der Waals surface area contributed by atoms with Crippen LogP contribution in [0.2, 0.25) is 0 Å². The van der Waals surface area contributed by atoms with E-state index in [9.17, 15) is 4.39 Å². The average Bonchev–Trinajstić information content (AvgIpc) is 2.08. The summed E-state index contributed by atoms with van der Waals surface area (Å²) in [5.74, 6) is -0.330. The first kappa shape index (κ1) is 12.8. The van der Waals surface area contributed by atoms with Crippen molar-refractivity contribution in [2.75, 3.05) is 6.61 Å². The summed E-state index contributed by atoms with van der Waals surface area (Å²) < 4.78 is 13.1. The highest BCUT2D eigenvalue weighted by atomic mass is 79.9. The molecule has 3 N–H and O–H groups in total. The molecule has 0 aliphatic carbocycles. The van der Waals surface area contributed by atoms with E-state index in [4.69, 9.17) is 10.8 Å². The van der Waals surface area contributed by atoms with Gasteiger partial charge in [0.2, 0.25) is 0 Å². The Morgan fingerprint density at radius 3 is 2.62 bits per heavy atom. The topological polar surface area (TPSA) is 46.2 Å². The SMILES string of the molecule is Cl.NC(CO)c1ccc(F)c(Br)c1. The summed E-state index contributed by atoms with van der Waals surface area (Å²) in [5.41, 5.74) is 6.23. The fraction of sp³-hybridized carbons (Fsp3) is 0.250. The highest BCUT2D eigenvalue weighted by Gasteiger charge is 2.06. The molecule has 13 heavy (non-hydrogen) atoms. The summed E-state index contributed by atoms with van der Waals surface area (Å²) >= 11 is 3.03. The molecule has 0 bridgehead atoms. The van der Waals surface area contributed by atoms with Crippen molar-refractivity contribution in [3.63, 3.8) is 0 Å². The molecule has 1 aromatic carbocycles. The van der Waals surface area contributed by atoms with Gasteiger partial charge >= 0.3 is 0 Å². The highest BCUT2D eigenvalue weighted by molar-refractivity contribution is 9.10. The minimum Gasteiger partial charge on any atom is -0.394 e. The number of hydrogen-bond acceptors (Lipinski definition) is 2. The van der Waals surface area contributed by atoms with Crippen LogP contribution in [0.5, 0.6) is 0 Å². The van der Waals surface area contributed by atoms with Crippen molar-refractivity contribution >= 4 is 28.3 Å². The van der Waals surface area contributed by atoms with Crippen LogP contribution in [0.3, 0.4) is 0 Å². The lowest BCUT2D eigenvalue weighted by Crippen LogP contribution is -2.14. The molecular weight excluding hydrogens is 260 g/mol. The molecule has 2 nitrogen and oxygen atoms in total. The molecule has 74 valence electrons. The van der Waals surface area contributed by atoms with Crippen LogP contribution in [0.1, 0.15) is 11.6 Å². The molecule has 0 amide bonds. The fourth-order valence-electron chi connectivity index (χ4n) is 0.848. The molecular formula is C8H10BrClFNO. The molecule has 0 aliphatic heterocycles. The minimum absolute atomic E-state index is 0. The molecule has 1 aromatic rings. The molecule has 0 aliphatic rings. The molecule has 0 aromatic heterocycles. The van der Waals surface area contributed by atoms with Gasteiger partial charge in [0.05, 0.1) is 17.1 Å². The van der Waals surface area contributed by atoms with Gasteiger partial charge in [-0.15, -0.1) is 12.4 Å². The number of aliphatic hydroxyl groups is 1. The normalized spacial score (nSPS) is 12.0. The second-order valence-electron chi connectivity index (χ2n) is 2.46. The molecule has 0 radical (unpaired) electrons. The van der Waals surface area contributed by atoms with Crippen LogP contribution in [0.15, 0.2) is 22.7 Å². The highest BCUT2D eigenvalue weighted by Crippen LogP contribution is 2.19. The van der Waals surface area contributed by atoms with Crippen LogP contribution < -0.4 is 5.73 Å². The zero-order valence-corrected chi connectivity index (χ0v) is 9.11. The Bertz CT molecular complexity index is 285. The lowest BCUT2D eigenvalue weighted by atomic mass is 10.1. The number of hydrogen-bond donors (Lipinski definition) is 2. The predicted octanol–water partition coefficient (Wildman–Crippen LogP) is 2.00. The van der Waals surface area contributed by atoms with Crippen molar-refractivity contribution in [3.05, 3.63) is 34.1 Å². The Morgan fingerprint density at radius 2 is 2.15 bits per heavy atom. The first-order valence-electron chi connectivity index (χ1n) is 3.46. The smallest absolute Gasteiger partial charge is 0.137 e. The van der Waals surface area contributed by atoms with Crippen LogP contribution in [0.4, 0.5) is 4.39 Å². The monoisotopic (exact) mass is 269 g/mol. The molecule has 1 unspecified atom stereocenters. The van der Waals surface area contributed by atoms with Crippen LogP contribution in [0.25, 0.3) is 0 Å². The molecule has 0 heterocycles. The average molecular weight is 271 g/mol. The zero-order valence-electron chi connectivity index (χ0n) is 6.71. The largest absolute Gasteiger partial charge is 0.394 e. The van der Waals surface area contributed by atoms with Crippen LogP contribution in [-0.2, 0) is 0 Å². The van der Waals surface area contributed by atoms with E-state index in [0.717, 1.165) is 0 Å². The minimum atomic E-state index is -0.443. The van der Waals surface area contributed by atoms with Crippen LogP contribution >= 0.6 is 28.3 Å². The summed E-state index contributed by atoms with van der Waals surface area (Å²) in [7, 11) is 0. The van der Waals surface area contributed by atoms with Crippen molar-refractivity contribution < 1.29 is 9.50 Å². The van der Waals surface area contributed by atoms with E-state index in [1.807, 2.05) is 0 Å². The lowest BCUT2D eigenvalue weighted by molar-refractivity contribution is 0.268. The van der Waals surface area contributed by atoms with Gasteiger partial charge in [-0.25, -0.2) is 4.39 Å². The Morgan fingerprint density at radius 1 is 1.54 bits per heavy atom. The molecule has 5 heteroatoms. The number of benzene rings is 1. The van der Waals surface area contributed by atoms with E-state index in [-0.39, 0.29) is 24.8 Å². The predicted molar refractivity (Wildman–Crippen MR) is 55.4 cm³/mol. The quantitative estimate of drug-likeness (QED) is 0.863. The lowest BCUT2D eigenvalue weighted by Gasteiger charge is -2.08. The van der Waals surface area contributed by atoms with E-state index in [0.29, 0.717) is 10.0 Å². The maximum Gasteiger partial charge on any atom is 0.137 e. The van der Waals surface area contributed by atoms with Gasteiger partial charge in [0.25, 0.3) is 0 Å². The third-order valence-electron chi connectivity index (χ3n) is 1.57. The third-order valence-corrected chi connectivity index (χ3v) is 2.18. The first-order chi connectivity index (χ1) is 5.65. The van der Waals surface area contributed by atoms with Crippen LogP contribution in [-0.4, -0.2) is 11.7 Å². The molecule has 1 rings (SSSR count). The molecule has 1 atom stereocenters. The van der Waals surface area contributed by atoms with Crippen molar-refractivity contribution in [2.24, 2.45) is 5.73 Å². The van der Waals surface area contributed by atoms with Crippen molar-refractivity contribution in [1.29, 1.82) is 0 Å². The molecule has 0 spiro atoms. The van der Waals surface area contributed by atoms with Gasteiger partial charge in [0, 0.05) is 0 Å². The summed E-state index contributed by atoms with van der Waals surface area (Å²) in [4.78, 5) is 0. The summed E-state index contributed by atoms with van der Waals surface area (Å²) in [6.45, 7) is -0.141. The molecule has 0 fully saturated rings. The second-order valence-corrected chi connectivity index (χ2v) is 3.32. The van der Waals surface area contributed by atoms with Crippen molar-refractivity contribution in [3.8, 4) is 0 Å². The first-order valence-corrected chi connectivity index (χ1v) is 4.26. The van der Waals surface area contributed by atoms with Gasteiger partial charge < -0.3 is 10.8 Å². The van der Waals surface area contributed by atoms with E-state index in [2.05, 4.69) is 15.9 Å². The number of aliphatic hydroxyl groups excluding tert-OH is 1. The Kier molecular flexibility index (Phi) is 5.48. The van der Waals surface area contributed by atoms with E-state index < -0.39 is 6.04 Å². The van der Waals surface area contributed by atoms with Crippen molar-refractivity contribution in [2.45, 2.75) is 6.04 Å². The molecule has 0 saturated heterocycles. The number of nitrogens with two attached hydrogens (primary N) is 1. The standard InChI is InChI=1S/C8H9BrFNO.ClH/c9-6-3-5(8(11)4-12)1-2-7(6)10;/h1-3,8,12H,4,11H2;1H. The number of rotatable bonds is 2. The summed E-state index contributed by atoms with van der Waals surface area (Å²) in [5, 5.41) is 8.71. The Labute approximate surface area is 90.5 Å². The van der Waals surface area contributed by atoms with Gasteiger partial charge in [-0.3, -0.25) is 0 Å². The van der Waals surface area contributed by atoms with Gasteiger partial charge in [0.15, 0.2) is 0 Å². The Balaban J connectivity index is 0.00000144. The van der Waals surface area contributed by atoms with Gasteiger partial charge in [-0.05, 0) is 33.6 Å². The maximum atomic E-state index is 12.7. The van der Waals surface area contributed by atoms with E-state index in [1.54, 1.807) is 12.1 Å².